The lowest BCUT2D eigenvalue weighted by molar-refractivity contribution is 0.311. The van der Waals surface area contributed by atoms with Gasteiger partial charge in [-0.1, -0.05) is 24.3 Å². The van der Waals surface area contributed by atoms with Gasteiger partial charge in [0.15, 0.2) is 0 Å². The molecule has 3 aromatic carbocycles. The van der Waals surface area contributed by atoms with Crippen LogP contribution in [0.2, 0.25) is 0 Å². The first-order valence-electron chi connectivity index (χ1n) is 10.9. The van der Waals surface area contributed by atoms with Crippen molar-refractivity contribution in [2.24, 2.45) is 0 Å². The van der Waals surface area contributed by atoms with E-state index < -0.39 is 15.8 Å². The lowest BCUT2D eigenvalue weighted by atomic mass is 10.1. The van der Waals surface area contributed by atoms with Gasteiger partial charge >= 0.3 is 0 Å². The van der Waals surface area contributed by atoms with E-state index in [1.807, 2.05) is 25.1 Å². The molecule has 1 aliphatic rings. The van der Waals surface area contributed by atoms with Crippen LogP contribution in [-0.2, 0) is 10.0 Å². The molecule has 0 unspecified atom stereocenters. The van der Waals surface area contributed by atoms with Crippen molar-refractivity contribution < 1.29 is 17.5 Å². The number of likely N-dealkylation sites (N-methyl/N-ethyl adjacent to an activating group) is 1. The highest BCUT2D eigenvalue weighted by atomic mass is 32.2. The Hall–Kier alpha value is -3.10. The molecule has 4 aromatic rings. The Morgan fingerprint density at radius 3 is 2.33 bits per heavy atom. The number of hydrogen-bond donors (Lipinski definition) is 0. The Morgan fingerprint density at radius 2 is 1.64 bits per heavy atom. The van der Waals surface area contributed by atoms with Crippen molar-refractivity contribution in [2.75, 3.05) is 45.2 Å². The average Bonchev–Trinajstić information content (AvgIpc) is 3.14. The number of halogens is 1. The molecule has 0 N–H and O–H groups in total. The van der Waals surface area contributed by atoms with E-state index in [0.29, 0.717) is 22.0 Å². The van der Waals surface area contributed by atoms with Crippen molar-refractivity contribution in [3.8, 4) is 5.75 Å². The first-order chi connectivity index (χ1) is 15.8. The van der Waals surface area contributed by atoms with E-state index in [-0.39, 0.29) is 4.90 Å². The van der Waals surface area contributed by atoms with Crippen LogP contribution < -0.4 is 9.64 Å². The number of aromatic nitrogens is 1. The van der Waals surface area contributed by atoms with Gasteiger partial charge in [-0.05, 0) is 43.8 Å². The van der Waals surface area contributed by atoms with Crippen LogP contribution >= 0.6 is 0 Å². The zero-order chi connectivity index (χ0) is 23.3. The highest BCUT2D eigenvalue weighted by Crippen LogP contribution is 2.41. The lowest BCUT2D eigenvalue weighted by Gasteiger charge is -2.35. The van der Waals surface area contributed by atoms with Gasteiger partial charge in [0, 0.05) is 48.5 Å². The van der Waals surface area contributed by atoms with Gasteiger partial charge in [-0.15, -0.1) is 0 Å². The van der Waals surface area contributed by atoms with Gasteiger partial charge in [0.05, 0.1) is 23.2 Å². The fourth-order valence-corrected chi connectivity index (χ4v) is 6.29. The third-order valence-electron chi connectivity index (χ3n) is 6.46. The second kappa shape index (κ2) is 8.04. The highest BCUT2D eigenvalue weighted by Gasteiger charge is 2.28. The minimum Gasteiger partial charge on any atom is -0.494 e. The number of aryl methyl sites for hydroxylation is 1. The minimum absolute atomic E-state index is 0.175. The molecule has 0 spiro atoms. The standard InChI is InChI=1S/C25H26FN3O3S/c1-17-16-29(22-14-18(26)8-9-19(17)22)33(30,31)24-15-23(28-12-10-27(2)11-13-28)25(32-3)21-7-5-4-6-20(21)24/h4-9,14-16H,10-13H2,1-3H3. The molecule has 1 saturated heterocycles. The molecule has 0 amide bonds. The molecule has 0 saturated carbocycles. The summed E-state index contributed by atoms with van der Waals surface area (Å²) in [5, 5.41) is 2.01. The van der Waals surface area contributed by atoms with Crippen LogP contribution in [0.25, 0.3) is 21.7 Å². The number of nitrogens with zero attached hydrogens (tertiary/aromatic N) is 3. The number of fused-ring (bicyclic) bond motifs is 2. The van der Waals surface area contributed by atoms with Crippen molar-refractivity contribution in [1.29, 1.82) is 0 Å². The van der Waals surface area contributed by atoms with E-state index in [1.54, 1.807) is 31.5 Å². The third kappa shape index (κ3) is 3.54. The Balaban J connectivity index is 1.79. The van der Waals surface area contributed by atoms with E-state index >= 15 is 0 Å². The maximum atomic E-state index is 14.1. The van der Waals surface area contributed by atoms with Crippen LogP contribution in [0.3, 0.4) is 0 Å². The first kappa shape index (κ1) is 21.7. The molecule has 8 heteroatoms. The summed E-state index contributed by atoms with van der Waals surface area (Å²) in [6, 6.07) is 13.3. The molecule has 1 aliphatic heterocycles. The highest BCUT2D eigenvalue weighted by molar-refractivity contribution is 7.90. The number of hydrogen-bond acceptors (Lipinski definition) is 5. The number of anilines is 1. The molecule has 2 heterocycles. The van der Waals surface area contributed by atoms with Crippen molar-refractivity contribution in [1.82, 2.24) is 8.87 Å². The summed E-state index contributed by atoms with van der Waals surface area (Å²) in [5.74, 6) is 0.184. The van der Waals surface area contributed by atoms with Gasteiger partial charge in [-0.25, -0.2) is 16.8 Å². The van der Waals surface area contributed by atoms with Gasteiger partial charge in [0.2, 0.25) is 0 Å². The van der Waals surface area contributed by atoms with Crippen LogP contribution in [0.5, 0.6) is 5.75 Å². The maximum Gasteiger partial charge on any atom is 0.268 e. The minimum atomic E-state index is -4.03. The first-order valence-corrected chi connectivity index (χ1v) is 12.3. The van der Waals surface area contributed by atoms with Gasteiger partial charge in [-0.3, -0.25) is 0 Å². The topological polar surface area (TPSA) is 54.8 Å². The summed E-state index contributed by atoms with van der Waals surface area (Å²) in [7, 11) is -0.343. The molecular formula is C25H26FN3O3S. The Kier molecular flexibility index (Phi) is 5.29. The summed E-state index contributed by atoms with van der Waals surface area (Å²) in [5.41, 5.74) is 1.85. The predicted octanol–water partition coefficient (Wildman–Crippen LogP) is 4.24. The molecule has 6 nitrogen and oxygen atoms in total. The Bertz CT molecular complexity index is 1470. The van der Waals surface area contributed by atoms with Crippen molar-refractivity contribution in [3.63, 3.8) is 0 Å². The molecule has 33 heavy (non-hydrogen) atoms. The smallest absolute Gasteiger partial charge is 0.268 e. The number of rotatable bonds is 4. The van der Waals surface area contributed by atoms with Gasteiger partial charge in [-0.2, -0.15) is 0 Å². The maximum absolute atomic E-state index is 14.1. The number of benzene rings is 3. The molecule has 0 radical (unpaired) electrons. The normalized spacial score (nSPS) is 15.5. The summed E-state index contributed by atoms with van der Waals surface area (Å²) in [6.07, 6.45) is 1.56. The molecule has 172 valence electrons. The fraction of sp³-hybridized carbons (Fsp3) is 0.280. The van der Waals surface area contributed by atoms with Crippen LogP contribution in [0.4, 0.5) is 10.1 Å². The summed E-state index contributed by atoms with van der Waals surface area (Å²) >= 11 is 0. The van der Waals surface area contributed by atoms with E-state index in [4.69, 9.17) is 4.74 Å². The van der Waals surface area contributed by atoms with Crippen molar-refractivity contribution in [2.45, 2.75) is 11.8 Å². The molecule has 0 atom stereocenters. The number of ether oxygens (including phenoxy) is 1. The monoisotopic (exact) mass is 467 g/mol. The summed E-state index contributed by atoms with van der Waals surface area (Å²) in [6.45, 7) is 5.11. The second-order valence-electron chi connectivity index (χ2n) is 8.54. The van der Waals surface area contributed by atoms with Gasteiger partial charge < -0.3 is 14.5 Å². The molecule has 1 fully saturated rings. The SMILES string of the molecule is COc1c(N2CCN(C)CC2)cc(S(=O)(=O)n2cc(C)c3ccc(F)cc32)c2ccccc12. The quantitative estimate of drug-likeness (QED) is 0.449. The van der Waals surface area contributed by atoms with Crippen LogP contribution in [-0.4, -0.2) is 57.6 Å². The van der Waals surface area contributed by atoms with E-state index in [0.717, 1.165) is 42.8 Å². The van der Waals surface area contributed by atoms with Crippen LogP contribution in [0.15, 0.2) is 59.6 Å². The molecule has 0 aliphatic carbocycles. The largest absolute Gasteiger partial charge is 0.494 e. The zero-order valence-corrected chi connectivity index (χ0v) is 19.7. The van der Waals surface area contributed by atoms with Gasteiger partial charge in [0.25, 0.3) is 10.0 Å². The second-order valence-corrected chi connectivity index (χ2v) is 10.3. The predicted molar refractivity (Wildman–Crippen MR) is 129 cm³/mol. The van der Waals surface area contributed by atoms with E-state index in [1.165, 1.54) is 16.1 Å². The Morgan fingerprint density at radius 1 is 0.939 bits per heavy atom. The number of methoxy groups -OCH3 is 1. The average molecular weight is 468 g/mol. The lowest BCUT2D eigenvalue weighted by Crippen LogP contribution is -2.44. The van der Waals surface area contributed by atoms with Crippen molar-refractivity contribution in [3.05, 3.63) is 66.1 Å². The third-order valence-corrected chi connectivity index (χ3v) is 8.17. The van der Waals surface area contributed by atoms with Crippen LogP contribution in [0, 0.1) is 12.7 Å². The molecule has 1 aromatic heterocycles. The van der Waals surface area contributed by atoms with E-state index in [2.05, 4.69) is 16.8 Å². The number of piperazine rings is 1. The van der Waals surface area contributed by atoms with Gasteiger partial charge in [0.1, 0.15) is 11.6 Å². The summed E-state index contributed by atoms with van der Waals surface area (Å²) < 4.78 is 49.2. The van der Waals surface area contributed by atoms with Crippen molar-refractivity contribution >= 4 is 37.4 Å². The molecular weight excluding hydrogens is 441 g/mol. The summed E-state index contributed by atoms with van der Waals surface area (Å²) in [4.78, 5) is 4.59. The van der Waals surface area contributed by atoms with E-state index in [9.17, 15) is 12.8 Å². The fourth-order valence-electron chi connectivity index (χ4n) is 4.65. The molecule has 5 rings (SSSR count). The zero-order valence-electron chi connectivity index (χ0n) is 18.9. The molecule has 0 bridgehead atoms. The Labute approximate surface area is 192 Å². The van der Waals surface area contributed by atoms with Crippen LogP contribution in [0.1, 0.15) is 5.56 Å².